The van der Waals surface area contributed by atoms with E-state index in [0.29, 0.717) is 0 Å². The summed E-state index contributed by atoms with van der Waals surface area (Å²) in [7, 11) is -2.09. The van der Waals surface area contributed by atoms with Gasteiger partial charge in [-0.3, -0.25) is 32.8 Å². The molecule has 50 valence electrons. The van der Waals surface area contributed by atoms with Crippen LogP contribution in [0.2, 0.25) is 6.55 Å². The van der Waals surface area contributed by atoms with E-state index >= 15 is 0 Å². The third kappa shape index (κ3) is 1.84. The Balaban J connectivity index is 3.58. The molecule has 0 fully saturated rings. The Hall–Kier alpha value is -0.0231. The molecule has 9 N–H and O–H groups in total. The minimum Gasteiger partial charge on any atom is -0.276 e. The number of nitrogens with one attached hydrogen (secondary N) is 3. The van der Waals surface area contributed by atoms with Crippen LogP contribution in [0, 0.1) is 0 Å². The monoisotopic (exact) mass is 136 g/mol. The molecule has 0 bridgehead atoms. The molecule has 0 saturated carbocycles. The normalized spacial score (nSPS) is 12.0. The summed E-state index contributed by atoms with van der Waals surface area (Å²) in [5.41, 5.74) is 0. The van der Waals surface area contributed by atoms with Crippen LogP contribution < -0.4 is 32.8 Å². The summed E-state index contributed by atoms with van der Waals surface area (Å²) in [6.07, 6.45) is 0. The molecule has 0 aromatic rings. The molecule has 0 radical (unpaired) electrons. The van der Waals surface area contributed by atoms with E-state index in [0.717, 1.165) is 0 Å². The molecular formula is CH12N6Si. The van der Waals surface area contributed by atoms with Gasteiger partial charge in [0.25, 0.3) is 0 Å². The summed E-state index contributed by atoms with van der Waals surface area (Å²) in [5.74, 6) is 15.2. The zero-order chi connectivity index (χ0) is 6.62. The Bertz CT molecular complexity index is 51.3. The first-order valence-corrected chi connectivity index (χ1v) is 4.62. The summed E-state index contributed by atoms with van der Waals surface area (Å²) >= 11 is 0. The second-order valence-electron chi connectivity index (χ2n) is 1.56. The molecule has 0 rings (SSSR count). The number of hydrogen-bond donors (Lipinski definition) is 6. The van der Waals surface area contributed by atoms with E-state index in [4.69, 9.17) is 17.5 Å². The van der Waals surface area contributed by atoms with Crippen molar-refractivity contribution in [1.29, 1.82) is 0 Å². The molecule has 0 heterocycles. The summed E-state index contributed by atoms with van der Waals surface area (Å²) < 4.78 is 0. The van der Waals surface area contributed by atoms with E-state index in [-0.39, 0.29) is 0 Å². The smallest absolute Gasteiger partial charge is 0.276 e. The van der Waals surface area contributed by atoms with Crippen LogP contribution in [0.5, 0.6) is 0 Å². The van der Waals surface area contributed by atoms with Crippen LogP contribution >= 0.6 is 0 Å². The van der Waals surface area contributed by atoms with Crippen LogP contribution in [-0.4, -0.2) is 8.56 Å². The average Bonchev–Trinajstić information content (AvgIpc) is 1.87. The van der Waals surface area contributed by atoms with E-state index in [2.05, 4.69) is 15.3 Å². The third-order valence-electron chi connectivity index (χ3n) is 0.866. The summed E-state index contributed by atoms with van der Waals surface area (Å²) in [6, 6.07) is 0. The average molecular weight is 136 g/mol. The van der Waals surface area contributed by atoms with Crippen molar-refractivity contribution in [1.82, 2.24) is 15.3 Å². The lowest BCUT2D eigenvalue weighted by Gasteiger charge is -2.21. The predicted molar refractivity (Wildman–Crippen MR) is 33.6 cm³/mol. The molecule has 0 aliphatic carbocycles. The molecule has 0 saturated heterocycles. The maximum Gasteiger partial charge on any atom is 0.318 e. The minimum absolute atomic E-state index is 1.78. The van der Waals surface area contributed by atoms with Crippen LogP contribution in [-0.2, 0) is 0 Å². The van der Waals surface area contributed by atoms with Crippen molar-refractivity contribution in [3.63, 3.8) is 0 Å². The highest BCUT2D eigenvalue weighted by molar-refractivity contribution is 6.70. The van der Waals surface area contributed by atoms with Gasteiger partial charge in [0, 0.05) is 0 Å². The van der Waals surface area contributed by atoms with Crippen LogP contribution in [0.1, 0.15) is 0 Å². The molecule has 0 aliphatic rings. The summed E-state index contributed by atoms with van der Waals surface area (Å²) in [6.45, 7) is 1.78. The number of nitrogens with two attached hydrogens (primary N) is 3. The van der Waals surface area contributed by atoms with Crippen LogP contribution in [0.15, 0.2) is 0 Å². The standard InChI is InChI=1S/CH12N6Si/c1-8(5-2,6-3)7-4/h5-7H,2-4H2,1H3. The molecule has 7 heteroatoms. The first-order chi connectivity index (χ1) is 3.68. The van der Waals surface area contributed by atoms with Gasteiger partial charge in [0.15, 0.2) is 0 Å². The molecule has 0 aromatic carbocycles. The highest BCUT2D eigenvalue weighted by atomic mass is 28.4. The molecule has 0 amide bonds. The quantitative estimate of drug-likeness (QED) is 0.139. The first kappa shape index (κ1) is 7.98. The first-order valence-electron chi connectivity index (χ1n) is 2.12. The van der Waals surface area contributed by atoms with Crippen LogP contribution in [0.4, 0.5) is 0 Å². The molecule has 0 unspecified atom stereocenters. The van der Waals surface area contributed by atoms with Crippen molar-refractivity contribution < 1.29 is 0 Å². The second-order valence-corrected chi connectivity index (χ2v) is 4.67. The fourth-order valence-corrected chi connectivity index (χ4v) is 0.375. The van der Waals surface area contributed by atoms with Gasteiger partial charge in [-0.05, 0) is 6.55 Å². The highest BCUT2D eigenvalue weighted by Gasteiger charge is 2.22. The predicted octanol–water partition coefficient (Wildman–Crippen LogP) is -3.05. The van der Waals surface area contributed by atoms with Crippen molar-refractivity contribution in [3.8, 4) is 0 Å². The molecule has 0 spiro atoms. The Kier molecular flexibility index (Phi) is 3.08. The van der Waals surface area contributed by atoms with Gasteiger partial charge in [0.05, 0.1) is 0 Å². The van der Waals surface area contributed by atoms with Gasteiger partial charge in [-0.25, -0.2) is 0 Å². The molecule has 0 atom stereocenters. The Morgan fingerprint density at radius 3 is 1.25 bits per heavy atom. The van der Waals surface area contributed by atoms with E-state index in [1.165, 1.54) is 0 Å². The van der Waals surface area contributed by atoms with Gasteiger partial charge in [-0.2, -0.15) is 0 Å². The van der Waals surface area contributed by atoms with Gasteiger partial charge in [-0.15, -0.1) is 0 Å². The van der Waals surface area contributed by atoms with Crippen LogP contribution in [0.3, 0.4) is 0 Å². The lowest BCUT2D eigenvalue weighted by molar-refractivity contribution is 0.808. The van der Waals surface area contributed by atoms with Crippen molar-refractivity contribution in [2.24, 2.45) is 17.5 Å². The van der Waals surface area contributed by atoms with E-state index in [1.807, 2.05) is 0 Å². The second kappa shape index (κ2) is 3.09. The van der Waals surface area contributed by atoms with Gasteiger partial charge in [0.2, 0.25) is 0 Å². The number of hydrogen-bond acceptors (Lipinski definition) is 6. The van der Waals surface area contributed by atoms with Crippen molar-refractivity contribution in [2.75, 3.05) is 0 Å². The summed E-state index contributed by atoms with van der Waals surface area (Å²) in [4.78, 5) is 0. The minimum atomic E-state index is -2.09. The Morgan fingerprint density at radius 2 is 1.25 bits per heavy atom. The molecule has 0 aliphatic heterocycles. The zero-order valence-electron chi connectivity index (χ0n) is 4.73. The SMILES string of the molecule is C[Si](NN)(NN)NN. The number of rotatable bonds is 3. The highest BCUT2D eigenvalue weighted by Crippen LogP contribution is 1.73. The lowest BCUT2D eigenvalue weighted by Crippen LogP contribution is -2.76. The van der Waals surface area contributed by atoms with Gasteiger partial charge in [-0.1, -0.05) is 0 Å². The number of hydrazine groups is 3. The van der Waals surface area contributed by atoms with Gasteiger partial charge >= 0.3 is 8.56 Å². The summed E-state index contributed by atoms with van der Waals surface area (Å²) in [5, 5.41) is 7.33. The largest absolute Gasteiger partial charge is 0.318 e. The fourth-order valence-electron chi connectivity index (χ4n) is 0.125. The molecule has 0 aromatic heterocycles. The maximum absolute atomic E-state index is 5.05. The fraction of sp³-hybridized carbons (Fsp3) is 1.00. The van der Waals surface area contributed by atoms with Crippen LogP contribution in [0.25, 0.3) is 0 Å². The van der Waals surface area contributed by atoms with E-state index in [9.17, 15) is 0 Å². The Labute approximate surface area is 48.9 Å². The van der Waals surface area contributed by atoms with E-state index in [1.54, 1.807) is 6.55 Å². The molecule has 6 nitrogen and oxygen atoms in total. The van der Waals surface area contributed by atoms with Crippen molar-refractivity contribution in [3.05, 3.63) is 0 Å². The zero-order valence-corrected chi connectivity index (χ0v) is 5.73. The molecular weight excluding hydrogens is 124 g/mol. The van der Waals surface area contributed by atoms with Gasteiger partial charge < -0.3 is 0 Å². The Morgan fingerprint density at radius 1 is 1.00 bits per heavy atom. The van der Waals surface area contributed by atoms with Gasteiger partial charge in [0.1, 0.15) is 0 Å². The van der Waals surface area contributed by atoms with E-state index < -0.39 is 8.56 Å². The third-order valence-corrected chi connectivity index (χ3v) is 2.60. The maximum atomic E-state index is 5.05. The van der Waals surface area contributed by atoms with Crippen molar-refractivity contribution >= 4 is 8.56 Å². The van der Waals surface area contributed by atoms with Crippen molar-refractivity contribution in [2.45, 2.75) is 6.55 Å². The molecule has 8 heavy (non-hydrogen) atoms. The topological polar surface area (TPSA) is 114 Å². The lowest BCUT2D eigenvalue weighted by atomic mass is 11.9.